The highest BCUT2D eigenvalue weighted by atomic mass is 32.1. The van der Waals surface area contributed by atoms with Crippen LogP contribution in [0.2, 0.25) is 0 Å². The number of carbonyl (C=O) groups is 1. The number of nitrogens with zero attached hydrogens (tertiary/aromatic N) is 5. The number of aryl methyl sites for hydroxylation is 2. The molecule has 4 heterocycles. The molecule has 0 aliphatic carbocycles. The molecule has 1 aliphatic rings. The van der Waals surface area contributed by atoms with Crippen molar-refractivity contribution in [1.82, 2.24) is 29.4 Å². The molecular weight excluding hydrogens is 400 g/mol. The van der Waals surface area contributed by atoms with Crippen molar-refractivity contribution in [3.8, 4) is 0 Å². The summed E-state index contributed by atoms with van der Waals surface area (Å²) in [5, 5.41) is 10.1. The Morgan fingerprint density at radius 1 is 1.27 bits per heavy atom. The predicted molar refractivity (Wildman–Crippen MR) is 117 cm³/mol. The number of nitrogens with one attached hydrogen (secondary N) is 1. The van der Waals surface area contributed by atoms with Crippen LogP contribution in [-0.2, 0) is 24.4 Å². The highest BCUT2D eigenvalue weighted by Gasteiger charge is 2.30. The summed E-state index contributed by atoms with van der Waals surface area (Å²) in [7, 11) is 0. The van der Waals surface area contributed by atoms with Gasteiger partial charge in [-0.25, -0.2) is 4.98 Å². The molecule has 2 atom stereocenters. The van der Waals surface area contributed by atoms with Crippen LogP contribution in [-0.4, -0.2) is 55.3 Å². The largest absolute Gasteiger partial charge is 0.372 e. The minimum Gasteiger partial charge on any atom is -0.372 e. The van der Waals surface area contributed by atoms with E-state index in [1.165, 1.54) is 11.3 Å². The van der Waals surface area contributed by atoms with Gasteiger partial charge in [-0.05, 0) is 34.6 Å². The molecule has 3 aromatic rings. The lowest BCUT2D eigenvalue weighted by Crippen LogP contribution is -2.48. The summed E-state index contributed by atoms with van der Waals surface area (Å²) >= 11 is 1.54. The fourth-order valence-corrected chi connectivity index (χ4v) is 5.00. The number of fused-ring (bicyclic) bond motifs is 1. The number of hydrogen-bond donors (Lipinski definition) is 1. The maximum atomic E-state index is 13.3. The van der Waals surface area contributed by atoms with Crippen molar-refractivity contribution in [1.29, 1.82) is 0 Å². The van der Waals surface area contributed by atoms with Gasteiger partial charge in [0.1, 0.15) is 0 Å². The van der Waals surface area contributed by atoms with Crippen molar-refractivity contribution in [3.63, 3.8) is 0 Å². The van der Waals surface area contributed by atoms with Crippen molar-refractivity contribution >= 4 is 22.2 Å². The Balaban J connectivity index is 1.55. The third-order valence-corrected chi connectivity index (χ3v) is 6.45. The van der Waals surface area contributed by atoms with E-state index in [-0.39, 0.29) is 18.1 Å². The van der Waals surface area contributed by atoms with Gasteiger partial charge in [-0.15, -0.1) is 11.3 Å². The summed E-state index contributed by atoms with van der Waals surface area (Å²) in [4.78, 5) is 20.7. The molecule has 4 rings (SSSR count). The molecule has 8 nitrogen and oxygen atoms in total. The van der Waals surface area contributed by atoms with Crippen LogP contribution in [0.4, 0.5) is 0 Å². The Labute approximate surface area is 180 Å². The van der Waals surface area contributed by atoms with E-state index in [0.717, 1.165) is 22.9 Å². The summed E-state index contributed by atoms with van der Waals surface area (Å²) < 4.78 is 9.83. The number of aromatic nitrogens is 4. The van der Waals surface area contributed by atoms with Crippen molar-refractivity contribution in [2.24, 2.45) is 0 Å². The van der Waals surface area contributed by atoms with E-state index < -0.39 is 0 Å². The first-order valence-corrected chi connectivity index (χ1v) is 11.4. The number of amides is 1. The standard InChI is InChI=1S/C21H30N6O2S/c1-6-27-16(5)17(15(4)24-27)9-22-10-18-19(23-21-26(18)7-8-30-21)20(28)25-11-13(2)29-14(3)12-25/h7-8,13-14,22H,6,9-12H2,1-5H3/t13-,14+. The van der Waals surface area contributed by atoms with Gasteiger partial charge in [0, 0.05) is 55.6 Å². The van der Waals surface area contributed by atoms with Gasteiger partial charge in [0.25, 0.3) is 5.91 Å². The molecule has 9 heteroatoms. The third-order valence-electron chi connectivity index (χ3n) is 5.70. The first-order valence-electron chi connectivity index (χ1n) is 10.5. The molecule has 1 fully saturated rings. The SMILES string of the molecule is CCn1nc(C)c(CNCc2c(C(=O)N3C[C@@H](C)O[C@@H](C)C3)nc3sccn23)c1C. The molecule has 1 amide bonds. The maximum absolute atomic E-state index is 13.3. The Morgan fingerprint density at radius 2 is 2.00 bits per heavy atom. The first kappa shape index (κ1) is 21.0. The molecule has 30 heavy (non-hydrogen) atoms. The molecule has 0 bridgehead atoms. The third kappa shape index (κ3) is 3.89. The van der Waals surface area contributed by atoms with E-state index in [1.807, 2.05) is 46.3 Å². The van der Waals surface area contributed by atoms with E-state index in [4.69, 9.17) is 4.74 Å². The van der Waals surface area contributed by atoms with Gasteiger partial charge in [0.15, 0.2) is 10.7 Å². The van der Waals surface area contributed by atoms with Crippen LogP contribution < -0.4 is 5.32 Å². The number of morpholine rings is 1. The fourth-order valence-electron chi connectivity index (χ4n) is 4.27. The molecule has 0 spiro atoms. The van der Waals surface area contributed by atoms with Gasteiger partial charge in [0.2, 0.25) is 0 Å². The Hall–Kier alpha value is -2.23. The second-order valence-electron chi connectivity index (χ2n) is 8.00. The number of thiazole rings is 1. The van der Waals surface area contributed by atoms with Crippen LogP contribution in [0, 0.1) is 13.8 Å². The average Bonchev–Trinajstić information content (AvgIpc) is 3.36. The zero-order valence-corrected chi connectivity index (χ0v) is 19.1. The van der Waals surface area contributed by atoms with Gasteiger partial charge in [-0.1, -0.05) is 0 Å². The normalized spacial score (nSPS) is 19.7. The number of imidazole rings is 1. The highest BCUT2D eigenvalue weighted by Crippen LogP contribution is 2.21. The number of rotatable bonds is 6. The van der Waals surface area contributed by atoms with E-state index in [2.05, 4.69) is 29.2 Å². The Bertz CT molecular complexity index is 1040. The molecule has 3 aromatic heterocycles. The van der Waals surface area contributed by atoms with Crippen LogP contribution in [0.3, 0.4) is 0 Å². The lowest BCUT2D eigenvalue weighted by atomic mass is 10.2. The molecule has 0 saturated carbocycles. The number of hydrogen-bond acceptors (Lipinski definition) is 6. The van der Waals surface area contributed by atoms with Crippen LogP contribution in [0.1, 0.15) is 53.9 Å². The number of ether oxygens (including phenoxy) is 1. The maximum Gasteiger partial charge on any atom is 0.274 e. The molecule has 1 N–H and O–H groups in total. The lowest BCUT2D eigenvalue weighted by molar-refractivity contribution is -0.0587. The van der Waals surface area contributed by atoms with Crippen LogP contribution in [0.25, 0.3) is 4.96 Å². The van der Waals surface area contributed by atoms with E-state index in [9.17, 15) is 4.79 Å². The van der Waals surface area contributed by atoms with Gasteiger partial charge < -0.3 is 15.0 Å². The summed E-state index contributed by atoms with van der Waals surface area (Å²) in [5.74, 6) is -0.0177. The first-order chi connectivity index (χ1) is 14.4. The molecule has 0 unspecified atom stereocenters. The van der Waals surface area contributed by atoms with Crippen LogP contribution in [0.15, 0.2) is 11.6 Å². The molecule has 0 radical (unpaired) electrons. The Kier molecular flexibility index (Phi) is 5.95. The topological polar surface area (TPSA) is 76.7 Å². The molecular formula is C21H30N6O2S. The van der Waals surface area contributed by atoms with Gasteiger partial charge in [-0.3, -0.25) is 13.9 Å². The van der Waals surface area contributed by atoms with Gasteiger partial charge in [-0.2, -0.15) is 5.10 Å². The van der Waals surface area contributed by atoms with Crippen molar-refractivity contribution in [2.45, 2.75) is 66.5 Å². The van der Waals surface area contributed by atoms with E-state index >= 15 is 0 Å². The summed E-state index contributed by atoms with van der Waals surface area (Å²) in [6, 6.07) is 0. The molecule has 1 saturated heterocycles. The van der Waals surface area contributed by atoms with Crippen LogP contribution >= 0.6 is 11.3 Å². The molecule has 1 aliphatic heterocycles. The molecule has 0 aromatic carbocycles. The van der Waals surface area contributed by atoms with E-state index in [0.29, 0.717) is 31.9 Å². The molecule has 162 valence electrons. The monoisotopic (exact) mass is 430 g/mol. The minimum absolute atomic E-state index is 0.0177. The second kappa shape index (κ2) is 8.49. The second-order valence-corrected chi connectivity index (χ2v) is 8.87. The fraction of sp³-hybridized carbons (Fsp3) is 0.571. The van der Waals surface area contributed by atoms with E-state index in [1.54, 1.807) is 11.3 Å². The number of carbonyl (C=O) groups excluding carboxylic acids is 1. The predicted octanol–water partition coefficient (Wildman–Crippen LogP) is 2.77. The Morgan fingerprint density at radius 3 is 2.67 bits per heavy atom. The summed E-state index contributed by atoms with van der Waals surface area (Å²) in [6.07, 6.45) is 2.05. The smallest absolute Gasteiger partial charge is 0.274 e. The van der Waals surface area contributed by atoms with Crippen molar-refractivity contribution in [3.05, 3.63) is 39.9 Å². The summed E-state index contributed by atoms with van der Waals surface area (Å²) in [6.45, 7) is 13.6. The van der Waals surface area contributed by atoms with Gasteiger partial charge >= 0.3 is 0 Å². The van der Waals surface area contributed by atoms with Crippen molar-refractivity contribution < 1.29 is 9.53 Å². The zero-order chi connectivity index (χ0) is 21.4. The van der Waals surface area contributed by atoms with Crippen LogP contribution in [0.5, 0.6) is 0 Å². The summed E-state index contributed by atoms with van der Waals surface area (Å²) in [5.41, 5.74) is 4.88. The van der Waals surface area contributed by atoms with Gasteiger partial charge in [0.05, 0.1) is 23.6 Å². The lowest BCUT2D eigenvalue weighted by Gasteiger charge is -2.35. The highest BCUT2D eigenvalue weighted by molar-refractivity contribution is 7.15. The zero-order valence-electron chi connectivity index (χ0n) is 18.3. The van der Waals surface area contributed by atoms with Crippen molar-refractivity contribution in [2.75, 3.05) is 13.1 Å². The quantitative estimate of drug-likeness (QED) is 0.651. The average molecular weight is 431 g/mol. The minimum atomic E-state index is -0.0177.